The fraction of sp³-hybridized carbons (Fsp3) is 0.525. The van der Waals surface area contributed by atoms with Crippen LogP contribution in [-0.4, -0.2) is 110 Å². The van der Waals surface area contributed by atoms with Crippen molar-refractivity contribution >= 4 is 58.2 Å². The van der Waals surface area contributed by atoms with Gasteiger partial charge in [0.2, 0.25) is 47.3 Å². The van der Waals surface area contributed by atoms with Crippen molar-refractivity contribution in [2.24, 2.45) is 23.3 Å². The van der Waals surface area contributed by atoms with Crippen molar-refractivity contribution < 1.29 is 38.4 Å². The lowest BCUT2D eigenvalue weighted by atomic mass is 10.0. The van der Waals surface area contributed by atoms with Crippen LogP contribution in [0.1, 0.15) is 78.0 Å². The Morgan fingerprint density at radius 2 is 1.51 bits per heavy atom. The van der Waals surface area contributed by atoms with E-state index in [0.29, 0.717) is 12.1 Å². The van der Waals surface area contributed by atoms with Gasteiger partial charge >= 0.3 is 0 Å². The third kappa shape index (κ3) is 12.9. The third-order valence-electron chi connectivity index (χ3n) is 10.2. The number of nitrogens with two attached hydrogens (primary N) is 2. The van der Waals surface area contributed by atoms with Gasteiger partial charge in [-0.15, -0.1) is 0 Å². The number of hydrogen-bond donors (Lipinski definition) is 9. The van der Waals surface area contributed by atoms with Gasteiger partial charge in [-0.3, -0.25) is 38.4 Å². The summed E-state index contributed by atoms with van der Waals surface area (Å²) in [5.74, 6) is -5.62. The smallest absolute Gasteiger partial charge is 0.246 e. The topological polar surface area (TPSA) is 296 Å². The monoisotopic (exact) mass is 819 g/mol. The minimum absolute atomic E-state index is 0.0197. The van der Waals surface area contributed by atoms with Gasteiger partial charge in [0.1, 0.15) is 36.3 Å². The molecule has 1 fully saturated rings. The number of amides is 8. The van der Waals surface area contributed by atoms with E-state index in [-0.39, 0.29) is 56.9 Å². The molecular weight excluding hydrogens is 763 g/mol. The maximum Gasteiger partial charge on any atom is 0.246 e. The summed E-state index contributed by atoms with van der Waals surface area (Å²) in [5.41, 5.74) is 13.2. The van der Waals surface area contributed by atoms with Crippen LogP contribution in [0.25, 0.3) is 10.9 Å². The Labute approximate surface area is 342 Å². The second-order valence-electron chi connectivity index (χ2n) is 15.7. The molecule has 1 aliphatic rings. The van der Waals surface area contributed by atoms with Crippen molar-refractivity contribution in [2.75, 3.05) is 6.54 Å². The number of aromatic nitrogens is 3. The highest BCUT2D eigenvalue weighted by molar-refractivity contribution is 5.97. The van der Waals surface area contributed by atoms with E-state index >= 15 is 0 Å². The van der Waals surface area contributed by atoms with E-state index in [9.17, 15) is 38.4 Å². The first-order valence-corrected chi connectivity index (χ1v) is 19.8. The van der Waals surface area contributed by atoms with E-state index in [4.69, 9.17) is 11.5 Å². The lowest BCUT2D eigenvalue weighted by molar-refractivity contribution is -0.142. The number of nitrogens with zero attached hydrogens (tertiary/aromatic N) is 2. The van der Waals surface area contributed by atoms with Crippen LogP contribution >= 0.6 is 0 Å². The Kier molecular flexibility index (Phi) is 16.1. The lowest BCUT2D eigenvalue weighted by Gasteiger charge is -2.31. The zero-order chi connectivity index (χ0) is 43.4. The van der Waals surface area contributed by atoms with E-state index in [1.807, 2.05) is 38.1 Å². The van der Waals surface area contributed by atoms with Crippen LogP contribution in [0.3, 0.4) is 0 Å². The summed E-state index contributed by atoms with van der Waals surface area (Å²) in [6, 6.07) is 0.659. The number of nitrogens with one attached hydrogen (secondary N) is 7. The summed E-state index contributed by atoms with van der Waals surface area (Å²) < 4.78 is 0. The second-order valence-corrected chi connectivity index (χ2v) is 15.7. The number of hydrogen-bond acceptors (Lipinski definition) is 9. The molecule has 19 heteroatoms. The number of likely N-dealkylation sites (tertiary alicyclic amines) is 1. The van der Waals surface area contributed by atoms with Gasteiger partial charge < -0.3 is 52.9 Å². The number of para-hydroxylation sites is 1. The molecule has 59 heavy (non-hydrogen) atoms. The molecule has 1 saturated heterocycles. The van der Waals surface area contributed by atoms with Crippen molar-refractivity contribution in [2.45, 2.75) is 116 Å². The number of carbonyl (C=O) groups excluding carboxylic acids is 8. The van der Waals surface area contributed by atoms with E-state index < -0.39 is 83.5 Å². The van der Waals surface area contributed by atoms with Gasteiger partial charge in [-0.25, -0.2) is 4.98 Å². The van der Waals surface area contributed by atoms with E-state index in [2.05, 4.69) is 41.5 Å². The van der Waals surface area contributed by atoms with Gasteiger partial charge in [0.15, 0.2) is 0 Å². The molecule has 3 aromatic rings. The average molecular weight is 820 g/mol. The van der Waals surface area contributed by atoms with Crippen molar-refractivity contribution in [3.05, 3.63) is 54.2 Å². The number of rotatable bonds is 21. The number of primary amides is 2. The first-order valence-electron chi connectivity index (χ1n) is 19.8. The van der Waals surface area contributed by atoms with Crippen LogP contribution in [0.15, 0.2) is 43.0 Å². The average Bonchev–Trinajstić information content (AvgIpc) is 3.96. The Hall–Kier alpha value is -6.27. The second kappa shape index (κ2) is 20.9. The molecule has 11 N–H and O–H groups in total. The molecule has 320 valence electrons. The molecule has 4 rings (SSSR count). The molecule has 1 aromatic carbocycles. The Morgan fingerprint density at radius 1 is 0.831 bits per heavy atom. The fourth-order valence-corrected chi connectivity index (χ4v) is 7.15. The molecule has 0 unspecified atom stereocenters. The van der Waals surface area contributed by atoms with Gasteiger partial charge in [-0.1, -0.05) is 45.9 Å². The standard InChI is InChI=1S/C40H57N11O8/c1-21(2)15-30(37(56)47-28(12-13-33(41)53)36(55)48-29(35(42)54)16-24-18-44-27-10-7-6-9-26(24)27)49-38(57)32-11-8-14-51(32)40(59)31(17-25-19-43-20-45-25)50-39(58)34(22(3)4)46-23(5)52/h6-7,9-10,18-22,28-32,34,44H,8,11-17H2,1-5H3,(H2,41,53)(H2,42,54)(H,43,45)(H,46,52)(H,47,56)(H,48,55)(H,49,57)(H,50,58)/t28-,29-,30-,31-,32-,34-/m0/s1. The molecule has 0 bridgehead atoms. The largest absolute Gasteiger partial charge is 0.370 e. The SMILES string of the molecule is CC(=O)N[C@H](C(=O)N[C@@H](Cc1cnc[nH]1)C(=O)N1CCC[C@H]1C(=O)N[C@@H](CC(C)C)C(=O)N[C@@H](CCC(N)=O)C(=O)N[C@@H](Cc1c[nH]c2ccccc12)C(N)=O)C(C)C. The van der Waals surface area contributed by atoms with Gasteiger partial charge in [0.25, 0.3) is 0 Å². The molecular formula is C40H57N11O8. The van der Waals surface area contributed by atoms with Gasteiger partial charge in [-0.2, -0.15) is 0 Å². The van der Waals surface area contributed by atoms with Crippen molar-refractivity contribution in [1.29, 1.82) is 0 Å². The summed E-state index contributed by atoms with van der Waals surface area (Å²) >= 11 is 0. The molecule has 6 atom stereocenters. The summed E-state index contributed by atoms with van der Waals surface area (Å²) in [7, 11) is 0. The minimum atomic E-state index is -1.34. The zero-order valence-electron chi connectivity index (χ0n) is 34.1. The molecule has 0 aliphatic carbocycles. The summed E-state index contributed by atoms with van der Waals surface area (Å²) in [5, 5.41) is 14.2. The van der Waals surface area contributed by atoms with Crippen molar-refractivity contribution in [1.82, 2.24) is 46.4 Å². The molecule has 3 heterocycles. The van der Waals surface area contributed by atoms with Crippen molar-refractivity contribution in [3.8, 4) is 0 Å². The van der Waals surface area contributed by atoms with E-state index in [1.165, 1.54) is 24.3 Å². The summed E-state index contributed by atoms with van der Waals surface area (Å²) in [6.45, 7) is 8.68. The summed E-state index contributed by atoms with van der Waals surface area (Å²) in [6.07, 6.45) is 5.12. The van der Waals surface area contributed by atoms with Crippen molar-refractivity contribution in [3.63, 3.8) is 0 Å². The third-order valence-corrected chi connectivity index (χ3v) is 10.2. The summed E-state index contributed by atoms with van der Waals surface area (Å²) in [4.78, 5) is 117. The number of imidazole rings is 1. The molecule has 8 amide bonds. The number of fused-ring (bicyclic) bond motifs is 1. The van der Waals surface area contributed by atoms with Crippen LogP contribution in [0.5, 0.6) is 0 Å². The number of benzene rings is 1. The van der Waals surface area contributed by atoms with Crippen LogP contribution in [-0.2, 0) is 51.2 Å². The molecule has 0 radical (unpaired) electrons. The van der Waals surface area contributed by atoms with Gasteiger partial charge in [0, 0.05) is 61.7 Å². The molecule has 0 saturated carbocycles. The highest BCUT2D eigenvalue weighted by Crippen LogP contribution is 2.22. The molecule has 1 aliphatic heterocycles. The molecule has 19 nitrogen and oxygen atoms in total. The normalized spacial score (nSPS) is 16.5. The predicted octanol–water partition coefficient (Wildman–Crippen LogP) is -0.436. The van der Waals surface area contributed by atoms with Crippen LogP contribution in [0, 0.1) is 11.8 Å². The Balaban J connectivity index is 1.50. The number of carbonyl (C=O) groups is 8. The first-order chi connectivity index (χ1) is 27.9. The van der Waals surface area contributed by atoms with E-state index in [0.717, 1.165) is 16.5 Å². The predicted molar refractivity (Wildman–Crippen MR) is 216 cm³/mol. The first kappa shape index (κ1) is 45.4. The van der Waals surface area contributed by atoms with Crippen LogP contribution < -0.4 is 38.1 Å². The lowest BCUT2D eigenvalue weighted by Crippen LogP contribution is -2.60. The van der Waals surface area contributed by atoms with Gasteiger partial charge in [0.05, 0.1) is 6.33 Å². The molecule has 0 spiro atoms. The fourth-order valence-electron chi connectivity index (χ4n) is 7.15. The zero-order valence-corrected chi connectivity index (χ0v) is 34.1. The maximum absolute atomic E-state index is 14.2. The maximum atomic E-state index is 14.2. The Morgan fingerprint density at radius 3 is 2.14 bits per heavy atom. The Bertz CT molecular complexity index is 1980. The van der Waals surface area contributed by atoms with Crippen LogP contribution in [0.4, 0.5) is 0 Å². The van der Waals surface area contributed by atoms with E-state index in [1.54, 1.807) is 20.0 Å². The van der Waals surface area contributed by atoms with Gasteiger partial charge in [-0.05, 0) is 49.1 Å². The quantitative estimate of drug-likeness (QED) is 0.0673. The number of aromatic amines is 2. The number of H-pyrrole nitrogens is 2. The van der Waals surface area contributed by atoms with Crippen LogP contribution in [0.2, 0.25) is 0 Å². The highest BCUT2D eigenvalue weighted by Gasteiger charge is 2.40. The molecule has 2 aromatic heterocycles. The highest BCUT2D eigenvalue weighted by atomic mass is 16.2. The minimum Gasteiger partial charge on any atom is -0.370 e.